The molecule has 0 spiro atoms. The number of thiocarbonyl (C=S) groups is 1. The Morgan fingerprint density at radius 1 is 1.04 bits per heavy atom. The summed E-state index contributed by atoms with van der Waals surface area (Å²) in [6.45, 7) is 0. The van der Waals surface area contributed by atoms with Crippen LogP contribution < -0.4 is 4.90 Å². The first-order valence-corrected chi connectivity index (χ1v) is 9.05. The van der Waals surface area contributed by atoms with Crippen LogP contribution in [-0.4, -0.2) is 31.1 Å². The third-order valence-corrected chi connectivity index (χ3v) is 5.55. The number of carbonyl (C=O) groups is 2. The van der Waals surface area contributed by atoms with Gasteiger partial charge < -0.3 is 14.4 Å². The van der Waals surface area contributed by atoms with Crippen molar-refractivity contribution in [2.75, 3.05) is 19.1 Å². The summed E-state index contributed by atoms with van der Waals surface area (Å²) in [6.07, 6.45) is 0.123. The van der Waals surface area contributed by atoms with Gasteiger partial charge >= 0.3 is 11.9 Å². The van der Waals surface area contributed by atoms with Gasteiger partial charge in [0.05, 0.1) is 20.3 Å². The quantitative estimate of drug-likeness (QED) is 0.437. The van der Waals surface area contributed by atoms with E-state index in [0.29, 0.717) is 5.02 Å². The van der Waals surface area contributed by atoms with Crippen LogP contribution in [0.1, 0.15) is 18.0 Å². The molecule has 1 unspecified atom stereocenters. The maximum absolute atomic E-state index is 12.7. The highest BCUT2D eigenvalue weighted by Gasteiger charge is 2.61. The van der Waals surface area contributed by atoms with Gasteiger partial charge in [-0.1, -0.05) is 54.2 Å². The first-order valence-electron chi connectivity index (χ1n) is 8.26. The zero-order valence-electron chi connectivity index (χ0n) is 14.8. The molecule has 0 N–H and O–H groups in total. The lowest BCUT2D eigenvalue weighted by Crippen LogP contribution is -2.47. The molecule has 1 saturated heterocycles. The minimum Gasteiger partial charge on any atom is -0.468 e. The Balaban J connectivity index is 2.18. The molecule has 1 heterocycles. The fourth-order valence-electron chi connectivity index (χ4n) is 3.43. The van der Waals surface area contributed by atoms with Crippen LogP contribution in [0.3, 0.4) is 0 Å². The molecule has 7 heteroatoms. The Bertz CT molecular complexity index is 853. The molecule has 1 aliphatic heterocycles. The van der Waals surface area contributed by atoms with Gasteiger partial charge in [-0.15, -0.1) is 0 Å². The predicted molar refractivity (Wildman–Crippen MR) is 107 cm³/mol. The van der Waals surface area contributed by atoms with Gasteiger partial charge in [0, 0.05) is 17.1 Å². The second-order valence-electron chi connectivity index (χ2n) is 6.17. The highest BCUT2D eigenvalue weighted by Crippen LogP contribution is 2.48. The van der Waals surface area contributed by atoms with Crippen molar-refractivity contribution in [1.82, 2.24) is 0 Å². The van der Waals surface area contributed by atoms with Gasteiger partial charge in [0.2, 0.25) is 5.41 Å². The Labute approximate surface area is 167 Å². The van der Waals surface area contributed by atoms with Gasteiger partial charge in [0.25, 0.3) is 0 Å². The number of methoxy groups -OCH3 is 2. The summed E-state index contributed by atoms with van der Waals surface area (Å²) in [5, 5.41) is 0.576. The number of hydrogen-bond acceptors (Lipinski definition) is 5. The number of nitrogens with zero attached hydrogens (tertiary/aromatic N) is 1. The first-order chi connectivity index (χ1) is 13.0. The largest absolute Gasteiger partial charge is 0.468 e. The molecular weight excluding hydrogens is 386 g/mol. The maximum Gasteiger partial charge on any atom is 0.330 e. The SMILES string of the molecule is COC(=O)C1(C(=O)OC)CC(c2ccccc2)N(c2ccc(Cl)cc2)C1=S. The fourth-order valence-corrected chi connectivity index (χ4v) is 4.04. The Hall–Kier alpha value is -2.44. The van der Waals surface area contributed by atoms with E-state index in [1.54, 1.807) is 29.2 Å². The van der Waals surface area contributed by atoms with E-state index in [4.69, 9.17) is 33.3 Å². The Morgan fingerprint density at radius 3 is 2.11 bits per heavy atom. The number of halogens is 1. The van der Waals surface area contributed by atoms with Crippen LogP contribution >= 0.6 is 23.8 Å². The van der Waals surface area contributed by atoms with E-state index >= 15 is 0 Å². The van der Waals surface area contributed by atoms with Crippen molar-refractivity contribution in [3.63, 3.8) is 0 Å². The lowest BCUT2D eigenvalue weighted by atomic mass is 9.84. The fraction of sp³-hybridized carbons (Fsp3) is 0.250. The van der Waals surface area contributed by atoms with Crippen molar-refractivity contribution in [2.45, 2.75) is 12.5 Å². The smallest absolute Gasteiger partial charge is 0.330 e. The molecule has 0 amide bonds. The Morgan fingerprint density at radius 2 is 1.59 bits per heavy atom. The van der Waals surface area contributed by atoms with E-state index in [2.05, 4.69) is 0 Å². The van der Waals surface area contributed by atoms with Gasteiger partial charge in [-0.3, -0.25) is 9.59 Å². The topological polar surface area (TPSA) is 55.8 Å². The van der Waals surface area contributed by atoms with Crippen LogP contribution in [0.2, 0.25) is 5.02 Å². The molecule has 0 saturated carbocycles. The van der Waals surface area contributed by atoms with Gasteiger partial charge in [-0.25, -0.2) is 0 Å². The molecular formula is C20H18ClNO4S. The highest BCUT2D eigenvalue weighted by molar-refractivity contribution is 7.81. The highest BCUT2D eigenvalue weighted by atomic mass is 35.5. The van der Waals surface area contributed by atoms with Gasteiger partial charge in [0.1, 0.15) is 4.99 Å². The third-order valence-electron chi connectivity index (χ3n) is 4.75. The molecule has 140 valence electrons. The van der Waals surface area contributed by atoms with E-state index < -0.39 is 17.4 Å². The van der Waals surface area contributed by atoms with E-state index in [9.17, 15) is 9.59 Å². The van der Waals surface area contributed by atoms with Crippen molar-refractivity contribution in [3.8, 4) is 0 Å². The summed E-state index contributed by atoms with van der Waals surface area (Å²) in [7, 11) is 2.47. The molecule has 3 rings (SSSR count). The number of benzene rings is 2. The van der Waals surface area contributed by atoms with Crippen molar-refractivity contribution >= 4 is 46.4 Å². The monoisotopic (exact) mass is 403 g/mol. The number of anilines is 1. The van der Waals surface area contributed by atoms with Crippen molar-refractivity contribution in [2.24, 2.45) is 5.41 Å². The number of carbonyl (C=O) groups excluding carboxylic acids is 2. The molecule has 0 aliphatic carbocycles. The number of rotatable bonds is 4. The maximum atomic E-state index is 12.7. The van der Waals surface area contributed by atoms with E-state index in [0.717, 1.165) is 11.3 Å². The van der Waals surface area contributed by atoms with Crippen LogP contribution in [0.5, 0.6) is 0 Å². The first kappa shape index (κ1) is 19.3. The van der Waals surface area contributed by atoms with Crippen LogP contribution in [0.4, 0.5) is 5.69 Å². The summed E-state index contributed by atoms with van der Waals surface area (Å²) >= 11 is 11.7. The molecule has 0 aromatic heterocycles. The molecule has 1 aliphatic rings. The van der Waals surface area contributed by atoms with Crippen LogP contribution in [0.15, 0.2) is 54.6 Å². The second-order valence-corrected chi connectivity index (χ2v) is 6.99. The lowest BCUT2D eigenvalue weighted by Gasteiger charge is -2.28. The number of ether oxygens (including phenoxy) is 2. The molecule has 27 heavy (non-hydrogen) atoms. The average Bonchev–Trinajstić information content (AvgIpc) is 3.02. The summed E-state index contributed by atoms with van der Waals surface area (Å²) in [6, 6.07) is 16.3. The molecule has 1 fully saturated rings. The van der Waals surface area contributed by atoms with E-state index in [-0.39, 0.29) is 17.5 Å². The van der Waals surface area contributed by atoms with Crippen LogP contribution in [0.25, 0.3) is 0 Å². The van der Waals surface area contributed by atoms with Crippen LogP contribution in [-0.2, 0) is 19.1 Å². The Kier molecular flexibility index (Phi) is 5.48. The number of esters is 2. The van der Waals surface area contributed by atoms with E-state index in [1.807, 2.05) is 30.3 Å². The lowest BCUT2D eigenvalue weighted by molar-refractivity contribution is -0.163. The summed E-state index contributed by atoms with van der Waals surface area (Å²) < 4.78 is 9.89. The summed E-state index contributed by atoms with van der Waals surface area (Å²) in [5.41, 5.74) is -0.0312. The minimum absolute atomic E-state index is 0.123. The molecule has 0 radical (unpaired) electrons. The molecule has 2 aromatic rings. The average molecular weight is 404 g/mol. The van der Waals surface area contributed by atoms with Crippen LogP contribution in [0, 0.1) is 5.41 Å². The third kappa shape index (κ3) is 3.19. The van der Waals surface area contributed by atoms with Crippen molar-refractivity contribution < 1.29 is 19.1 Å². The van der Waals surface area contributed by atoms with Gasteiger partial charge in [-0.05, 0) is 29.8 Å². The molecule has 2 aromatic carbocycles. The zero-order chi connectivity index (χ0) is 19.6. The predicted octanol–water partition coefficient (Wildman–Crippen LogP) is 3.95. The summed E-state index contributed by atoms with van der Waals surface area (Å²) in [5.74, 6) is -1.45. The van der Waals surface area contributed by atoms with E-state index in [1.165, 1.54) is 14.2 Å². The number of hydrogen-bond donors (Lipinski definition) is 0. The summed E-state index contributed by atoms with van der Waals surface area (Å²) in [4.78, 5) is 27.3. The van der Waals surface area contributed by atoms with Crippen molar-refractivity contribution in [1.29, 1.82) is 0 Å². The zero-order valence-corrected chi connectivity index (χ0v) is 16.4. The van der Waals surface area contributed by atoms with Gasteiger partial charge in [-0.2, -0.15) is 0 Å². The van der Waals surface area contributed by atoms with Gasteiger partial charge in [0.15, 0.2) is 0 Å². The minimum atomic E-state index is -1.68. The molecule has 1 atom stereocenters. The second kappa shape index (κ2) is 7.66. The normalized spacial score (nSPS) is 18.3. The molecule has 0 bridgehead atoms. The van der Waals surface area contributed by atoms with Crippen molar-refractivity contribution in [3.05, 3.63) is 65.2 Å². The standard InChI is InChI=1S/C20H18ClNO4S/c1-25-18(23)20(19(24)26-2)12-16(13-6-4-3-5-7-13)22(17(20)27)15-10-8-14(21)9-11-15/h3-11,16H,12H2,1-2H3. The molecule has 5 nitrogen and oxygen atoms in total.